The Morgan fingerprint density at radius 3 is 2.58 bits per heavy atom. The summed E-state index contributed by atoms with van der Waals surface area (Å²) in [7, 11) is 1.58. The minimum absolute atomic E-state index is 0.0925. The van der Waals surface area contributed by atoms with Gasteiger partial charge in [-0.1, -0.05) is 34.1 Å². The van der Waals surface area contributed by atoms with Crippen molar-refractivity contribution in [2.75, 3.05) is 20.3 Å². The van der Waals surface area contributed by atoms with Crippen LogP contribution < -0.4 is 4.74 Å². The van der Waals surface area contributed by atoms with Crippen LogP contribution in [0.15, 0.2) is 52.5 Å². The molecule has 0 aromatic heterocycles. The highest BCUT2D eigenvalue weighted by Crippen LogP contribution is 2.40. The van der Waals surface area contributed by atoms with E-state index in [1.807, 2.05) is 25.1 Å². The van der Waals surface area contributed by atoms with Crippen LogP contribution in [0.25, 0.3) is 5.76 Å². The molecule has 2 aromatic rings. The van der Waals surface area contributed by atoms with Crippen molar-refractivity contribution in [2.24, 2.45) is 0 Å². The molecule has 6 nitrogen and oxygen atoms in total. The number of methoxy groups -OCH3 is 1. The number of amides is 1. The molecule has 0 aliphatic carbocycles. The first-order valence-corrected chi connectivity index (χ1v) is 11.0. The number of carbonyl (C=O) groups is 2. The van der Waals surface area contributed by atoms with Crippen molar-refractivity contribution in [1.82, 2.24) is 4.90 Å². The highest BCUT2D eigenvalue weighted by molar-refractivity contribution is 9.10. The van der Waals surface area contributed by atoms with Crippen LogP contribution in [0, 0.1) is 6.92 Å². The van der Waals surface area contributed by atoms with E-state index in [-0.39, 0.29) is 17.4 Å². The standard InChI is InChI=1S/C24H24BrNO5/c1-14-12-16(7-10-19(14)25)22(27)20-21(15-5-8-17(30-2)9-6-15)26(24(29)23(20)28)13-18-4-3-11-31-18/h5-10,12,18,21,27H,3-4,11,13H2,1-2H3/b22-20-. The summed E-state index contributed by atoms with van der Waals surface area (Å²) < 4.78 is 11.9. The Labute approximate surface area is 189 Å². The highest BCUT2D eigenvalue weighted by atomic mass is 79.9. The van der Waals surface area contributed by atoms with E-state index in [4.69, 9.17) is 9.47 Å². The molecule has 2 heterocycles. The Bertz CT molecular complexity index is 1040. The number of ketones is 1. The molecule has 31 heavy (non-hydrogen) atoms. The Balaban J connectivity index is 1.82. The summed E-state index contributed by atoms with van der Waals surface area (Å²) in [4.78, 5) is 27.6. The summed E-state index contributed by atoms with van der Waals surface area (Å²) in [6.45, 7) is 2.86. The van der Waals surface area contributed by atoms with Crippen LogP contribution in [0.1, 0.15) is 35.6 Å². The lowest BCUT2D eigenvalue weighted by molar-refractivity contribution is -0.140. The minimum atomic E-state index is -0.695. The molecule has 4 rings (SSSR count). The number of hydrogen-bond acceptors (Lipinski definition) is 5. The first-order valence-electron chi connectivity index (χ1n) is 10.2. The van der Waals surface area contributed by atoms with E-state index in [1.165, 1.54) is 4.90 Å². The third-order valence-electron chi connectivity index (χ3n) is 5.83. The number of benzene rings is 2. The van der Waals surface area contributed by atoms with Gasteiger partial charge in [0.15, 0.2) is 0 Å². The average molecular weight is 486 g/mol. The number of likely N-dealkylation sites (tertiary alicyclic amines) is 1. The Morgan fingerprint density at radius 1 is 1.23 bits per heavy atom. The number of rotatable bonds is 5. The van der Waals surface area contributed by atoms with Gasteiger partial charge in [0.1, 0.15) is 11.5 Å². The van der Waals surface area contributed by atoms with Gasteiger partial charge >= 0.3 is 0 Å². The van der Waals surface area contributed by atoms with Gasteiger partial charge in [0, 0.05) is 23.2 Å². The smallest absolute Gasteiger partial charge is 0.295 e. The predicted octanol–water partition coefficient (Wildman–Crippen LogP) is 4.37. The predicted molar refractivity (Wildman–Crippen MR) is 120 cm³/mol. The maximum Gasteiger partial charge on any atom is 0.295 e. The van der Waals surface area contributed by atoms with E-state index < -0.39 is 17.7 Å². The highest BCUT2D eigenvalue weighted by Gasteiger charge is 2.47. The zero-order valence-corrected chi connectivity index (χ0v) is 19.0. The fraction of sp³-hybridized carbons (Fsp3) is 0.333. The fourth-order valence-electron chi connectivity index (χ4n) is 4.16. The molecule has 0 bridgehead atoms. The molecule has 2 aliphatic heterocycles. The summed E-state index contributed by atoms with van der Waals surface area (Å²) in [5.41, 5.74) is 2.23. The average Bonchev–Trinajstić information content (AvgIpc) is 3.38. The topological polar surface area (TPSA) is 76.1 Å². The van der Waals surface area contributed by atoms with Crippen molar-refractivity contribution in [1.29, 1.82) is 0 Å². The molecule has 2 saturated heterocycles. The van der Waals surface area contributed by atoms with Gasteiger partial charge in [-0.25, -0.2) is 0 Å². The number of nitrogens with zero attached hydrogens (tertiary/aromatic N) is 1. The molecular formula is C24H24BrNO5. The van der Waals surface area contributed by atoms with Gasteiger partial charge in [-0.2, -0.15) is 0 Å². The van der Waals surface area contributed by atoms with Crippen molar-refractivity contribution >= 4 is 33.4 Å². The summed E-state index contributed by atoms with van der Waals surface area (Å²) in [6, 6.07) is 11.8. The van der Waals surface area contributed by atoms with Crippen molar-refractivity contribution in [2.45, 2.75) is 31.9 Å². The summed E-state index contributed by atoms with van der Waals surface area (Å²) >= 11 is 3.45. The molecule has 0 saturated carbocycles. The lowest BCUT2D eigenvalue weighted by atomic mass is 9.94. The Hall–Kier alpha value is -2.64. The number of aryl methyl sites for hydroxylation is 1. The first-order chi connectivity index (χ1) is 14.9. The SMILES string of the molecule is COc1ccc(C2/C(=C(/O)c3ccc(Br)c(C)c3)C(=O)C(=O)N2CC2CCCO2)cc1. The quantitative estimate of drug-likeness (QED) is 0.386. The maximum atomic E-state index is 13.1. The number of aliphatic hydroxyl groups is 1. The third kappa shape index (κ3) is 4.12. The largest absolute Gasteiger partial charge is 0.507 e. The molecule has 1 N–H and O–H groups in total. The van der Waals surface area contributed by atoms with Gasteiger partial charge < -0.3 is 19.5 Å². The number of halogens is 1. The fourth-order valence-corrected chi connectivity index (χ4v) is 4.40. The molecule has 7 heteroatoms. The van der Waals surface area contributed by atoms with Crippen LogP contribution in [-0.2, 0) is 14.3 Å². The van der Waals surface area contributed by atoms with Crippen molar-refractivity contribution in [3.8, 4) is 5.75 Å². The molecule has 0 radical (unpaired) electrons. The van der Waals surface area contributed by atoms with E-state index in [2.05, 4.69) is 15.9 Å². The van der Waals surface area contributed by atoms with Gasteiger partial charge in [0.2, 0.25) is 0 Å². The first kappa shape index (κ1) is 21.6. The van der Waals surface area contributed by atoms with Crippen LogP contribution in [0.3, 0.4) is 0 Å². The number of carbonyl (C=O) groups excluding carboxylic acids is 2. The lowest BCUT2D eigenvalue weighted by Gasteiger charge is -2.27. The van der Waals surface area contributed by atoms with Gasteiger partial charge in [0.05, 0.1) is 24.8 Å². The zero-order chi connectivity index (χ0) is 22.1. The molecule has 1 amide bonds. The van der Waals surface area contributed by atoms with Crippen LogP contribution >= 0.6 is 15.9 Å². The molecule has 162 valence electrons. The minimum Gasteiger partial charge on any atom is -0.507 e. The Morgan fingerprint density at radius 2 is 1.97 bits per heavy atom. The van der Waals surface area contributed by atoms with Gasteiger partial charge in [-0.3, -0.25) is 9.59 Å². The summed E-state index contributed by atoms with van der Waals surface area (Å²) in [6.07, 6.45) is 1.65. The van der Waals surface area contributed by atoms with Gasteiger partial charge in [0.25, 0.3) is 11.7 Å². The van der Waals surface area contributed by atoms with Crippen LogP contribution in [0.5, 0.6) is 5.75 Å². The maximum absolute atomic E-state index is 13.1. The molecule has 2 fully saturated rings. The monoisotopic (exact) mass is 485 g/mol. The second-order valence-electron chi connectivity index (χ2n) is 7.82. The van der Waals surface area contributed by atoms with Crippen LogP contribution in [0.2, 0.25) is 0 Å². The van der Waals surface area contributed by atoms with Crippen LogP contribution in [0.4, 0.5) is 0 Å². The van der Waals surface area contributed by atoms with Gasteiger partial charge in [-0.15, -0.1) is 0 Å². The van der Waals surface area contributed by atoms with E-state index in [0.29, 0.717) is 24.5 Å². The van der Waals surface area contributed by atoms with Crippen LogP contribution in [-0.4, -0.2) is 48.1 Å². The van der Waals surface area contributed by atoms with Gasteiger partial charge in [-0.05, 0) is 55.2 Å². The van der Waals surface area contributed by atoms with E-state index in [0.717, 1.165) is 28.4 Å². The van der Waals surface area contributed by atoms with Crippen molar-refractivity contribution in [3.05, 3.63) is 69.2 Å². The Kier molecular flexibility index (Phi) is 6.16. The van der Waals surface area contributed by atoms with Crippen molar-refractivity contribution in [3.63, 3.8) is 0 Å². The third-order valence-corrected chi connectivity index (χ3v) is 6.72. The number of aliphatic hydroxyl groups excluding tert-OH is 1. The molecule has 2 aliphatic rings. The molecule has 2 aromatic carbocycles. The van der Waals surface area contributed by atoms with E-state index >= 15 is 0 Å². The molecule has 2 atom stereocenters. The zero-order valence-electron chi connectivity index (χ0n) is 17.4. The van der Waals surface area contributed by atoms with E-state index in [1.54, 1.807) is 31.4 Å². The number of hydrogen-bond donors (Lipinski definition) is 1. The summed E-state index contributed by atoms with van der Waals surface area (Å²) in [5.74, 6) is -0.809. The van der Waals surface area contributed by atoms with Crippen molar-refractivity contribution < 1.29 is 24.2 Å². The number of ether oxygens (including phenoxy) is 2. The lowest BCUT2D eigenvalue weighted by Crippen LogP contribution is -2.36. The molecule has 0 spiro atoms. The second-order valence-corrected chi connectivity index (χ2v) is 8.68. The summed E-state index contributed by atoms with van der Waals surface area (Å²) in [5, 5.41) is 11.1. The molecule has 2 unspecified atom stereocenters. The van der Waals surface area contributed by atoms with E-state index in [9.17, 15) is 14.7 Å². The normalized spacial score (nSPS) is 22.9. The molecular weight excluding hydrogens is 462 g/mol. The number of Topliss-reactive ketones (excluding diaryl/α,β-unsaturated/α-hetero) is 1. The second kappa shape index (κ2) is 8.85.